The zero-order valence-electron chi connectivity index (χ0n) is 16.0. The lowest BCUT2D eigenvalue weighted by atomic mass is 9.83. The fourth-order valence-corrected chi connectivity index (χ4v) is 5.79. The van der Waals surface area contributed by atoms with E-state index >= 15 is 0 Å². The summed E-state index contributed by atoms with van der Waals surface area (Å²) in [6, 6.07) is 16.0. The van der Waals surface area contributed by atoms with Gasteiger partial charge in [0.05, 0.1) is 23.4 Å². The molecule has 156 valence electrons. The molecule has 30 heavy (non-hydrogen) atoms. The highest BCUT2D eigenvalue weighted by molar-refractivity contribution is 7.59. The Labute approximate surface area is 172 Å². The van der Waals surface area contributed by atoms with Gasteiger partial charge in [0, 0.05) is 6.42 Å². The van der Waals surface area contributed by atoms with Crippen LogP contribution in [0.1, 0.15) is 13.3 Å². The number of β-lactam (4-membered cyclic amide) rings is 1. The summed E-state index contributed by atoms with van der Waals surface area (Å²) in [7, 11) is -4.22. The molecule has 0 bridgehead atoms. The van der Waals surface area contributed by atoms with Crippen LogP contribution in [0, 0.1) is 5.92 Å². The number of rotatable bonds is 7. The number of fused-ring (bicyclic) bond motifs is 1. The number of amides is 1. The molecule has 8 nitrogen and oxygen atoms in total. The second-order valence-electron chi connectivity index (χ2n) is 7.15. The van der Waals surface area contributed by atoms with Crippen molar-refractivity contribution in [2.75, 3.05) is 0 Å². The number of aliphatic hydroxyl groups excluding tert-OH is 1. The van der Waals surface area contributed by atoms with Gasteiger partial charge >= 0.3 is 13.6 Å². The summed E-state index contributed by atoms with van der Waals surface area (Å²) in [6.07, 6.45) is -0.988. The summed E-state index contributed by atoms with van der Waals surface area (Å²) in [5.41, 5.74) is -0.405. The van der Waals surface area contributed by atoms with E-state index < -0.39 is 43.2 Å². The predicted octanol–water partition coefficient (Wildman–Crippen LogP) is 3.25. The molecule has 0 aliphatic carbocycles. The molecule has 9 heteroatoms. The summed E-state index contributed by atoms with van der Waals surface area (Å²) >= 11 is 0. The molecule has 1 fully saturated rings. The summed E-state index contributed by atoms with van der Waals surface area (Å²) < 4.78 is 25.5. The van der Waals surface area contributed by atoms with Crippen molar-refractivity contribution in [3.05, 3.63) is 71.7 Å². The molecule has 0 saturated carbocycles. The van der Waals surface area contributed by atoms with E-state index in [0.29, 0.717) is 0 Å². The average molecular weight is 429 g/mol. The number of carbonyl (C=O) groups excluding carboxylic acids is 1. The van der Waals surface area contributed by atoms with E-state index in [1.165, 1.54) is 6.92 Å². The van der Waals surface area contributed by atoms with Crippen molar-refractivity contribution in [3.8, 4) is 11.5 Å². The van der Waals surface area contributed by atoms with Crippen molar-refractivity contribution in [1.29, 1.82) is 0 Å². The standard InChI is InChI=1S/C21H20NO7P/c1-13(23)18-16-12-17(19(21(25)26)22(16)20(18)24)30(27,28-14-8-4-2-5-9-14)29-15-10-6-3-7-11-15/h2-11,13,16,18,23H,12H2,1H3,(H,25,26)/t13-,16?,18?/m1/s1. The number of nitrogens with zero attached hydrogens (tertiary/aromatic N) is 1. The molecule has 2 aromatic carbocycles. The number of carboxylic acids is 1. The number of para-hydroxylation sites is 2. The van der Waals surface area contributed by atoms with Gasteiger partial charge in [0.25, 0.3) is 0 Å². The number of hydrogen-bond donors (Lipinski definition) is 2. The minimum absolute atomic E-state index is 0.0279. The van der Waals surface area contributed by atoms with Gasteiger partial charge in [-0.1, -0.05) is 36.4 Å². The molecule has 2 N–H and O–H groups in total. The highest BCUT2D eigenvalue weighted by atomic mass is 31.2. The molecular weight excluding hydrogens is 409 g/mol. The quantitative estimate of drug-likeness (QED) is 0.513. The predicted molar refractivity (Wildman–Crippen MR) is 107 cm³/mol. The molecule has 0 spiro atoms. The Morgan fingerprint density at radius 1 is 1.07 bits per heavy atom. The molecule has 0 radical (unpaired) electrons. The van der Waals surface area contributed by atoms with Gasteiger partial charge in [-0.3, -0.25) is 4.79 Å². The van der Waals surface area contributed by atoms with Gasteiger partial charge in [-0.2, -0.15) is 0 Å². The number of aliphatic hydroxyl groups is 1. The van der Waals surface area contributed by atoms with E-state index in [0.717, 1.165) is 4.90 Å². The Kier molecular flexibility index (Phi) is 5.13. The first-order valence-corrected chi connectivity index (χ1v) is 10.9. The van der Waals surface area contributed by atoms with Crippen molar-refractivity contribution in [3.63, 3.8) is 0 Å². The number of hydrogen-bond acceptors (Lipinski definition) is 6. The highest BCUT2D eigenvalue weighted by Crippen LogP contribution is 2.63. The number of aliphatic carboxylic acids is 1. The van der Waals surface area contributed by atoms with Crippen LogP contribution in [0.2, 0.25) is 0 Å². The van der Waals surface area contributed by atoms with Crippen molar-refractivity contribution in [2.24, 2.45) is 5.92 Å². The lowest BCUT2D eigenvalue weighted by Gasteiger charge is -2.44. The largest absolute Gasteiger partial charge is 0.477 e. The third-order valence-corrected chi connectivity index (χ3v) is 7.13. The number of carbonyl (C=O) groups is 2. The van der Waals surface area contributed by atoms with Gasteiger partial charge < -0.3 is 24.2 Å². The number of benzene rings is 2. The van der Waals surface area contributed by atoms with E-state index in [1.807, 2.05) is 0 Å². The monoisotopic (exact) mass is 429 g/mol. The van der Waals surface area contributed by atoms with Crippen LogP contribution in [0.15, 0.2) is 71.7 Å². The maximum atomic E-state index is 14.0. The van der Waals surface area contributed by atoms with Crippen LogP contribution < -0.4 is 9.05 Å². The second-order valence-corrected chi connectivity index (χ2v) is 9.05. The molecule has 3 atom stereocenters. The zero-order chi connectivity index (χ0) is 21.5. The van der Waals surface area contributed by atoms with E-state index in [9.17, 15) is 24.4 Å². The topological polar surface area (TPSA) is 113 Å². The van der Waals surface area contributed by atoms with Crippen molar-refractivity contribution < 1.29 is 33.4 Å². The Morgan fingerprint density at radius 3 is 2.00 bits per heavy atom. The Morgan fingerprint density at radius 2 is 1.57 bits per heavy atom. The van der Waals surface area contributed by atoms with E-state index in [4.69, 9.17) is 9.05 Å². The first kappa shape index (κ1) is 20.2. The fourth-order valence-electron chi connectivity index (χ4n) is 3.86. The Balaban J connectivity index is 1.79. The maximum absolute atomic E-state index is 14.0. The summed E-state index contributed by atoms with van der Waals surface area (Å²) in [4.78, 5) is 25.6. The van der Waals surface area contributed by atoms with E-state index in [1.54, 1.807) is 60.7 Å². The van der Waals surface area contributed by atoms with Gasteiger partial charge in [0.15, 0.2) is 0 Å². The van der Waals surface area contributed by atoms with Gasteiger partial charge in [0.2, 0.25) is 5.91 Å². The molecular formula is C21H20NO7P. The van der Waals surface area contributed by atoms with Gasteiger partial charge in [-0.25, -0.2) is 9.36 Å². The first-order valence-electron chi connectivity index (χ1n) is 9.39. The number of carboxylic acid groups (broad SMARTS) is 1. The van der Waals surface area contributed by atoms with Crippen LogP contribution >= 0.6 is 7.60 Å². The van der Waals surface area contributed by atoms with Crippen molar-refractivity contribution in [1.82, 2.24) is 4.90 Å². The van der Waals surface area contributed by atoms with Gasteiger partial charge in [-0.15, -0.1) is 0 Å². The van der Waals surface area contributed by atoms with Crippen LogP contribution in [0.4, 0.5) is 0 Å². The van der Waals surface area contributed by atoms with Crippen LogP contribution in [-0.4, -0.2) is 39.1 Å². The normalized spacial score (nSPS) is 21.7. The smallest absolute Gasteiger partial charge is 0.461 e. The van der Waals surface area contributed by atoms with Crippen LogP contribution in [0.5, 0.6) is 11.5 Å². The van der Waals surface area contributed by atoms with Gasteiger partial charge in [-0.05, 0) is 31.2 Å². The zero-order valence-corrected chi connectivity index (χ0v) is 16.9. The molecule has 4 rings (SSSR count). The lowest BCUT2D eigenvalue weighted by Crippen LogP contribution is -2.61. The third-order valence-electron chi connectivity index (χ3n) is 5.18. The SMILES string of the molecule is C[C@@H](O)C1C(=O)N2C(C(=O)O)=C(P(=O)(Oc3ccccc3)Oc3ccccc3)CC12. The van der Waals surface area contributed by atoms with Crippen molar-refractivity contribution >= 4 is 19.5 Å². The average Bonchev–Trinajstić information content (AvgIpc) is 3.05. The molecule has 2 aliphatic heterocycles. The molecule has 2 aromatic rings. The van der Waals surface area contributed by atoms with Crippen LogP contribution in [0.3, 0.4) is 0 Å². The van der Waals surface area contributed by atoms with E-state index in [2.05, 4.69) is 0 Å². The van der Waals surface area contributed by atoms with E-state index in [-0.39, 0.29) is 23.2 Å². The Bertz CT molecular complexity index is 1010. The lowest BCUT2D eigenvalue weighted by molar-refractivity contribution is -0.161. The molecule has 1 saturated heterocycles. The minimum Gasteiger partial charge on any atom is -0.477 e. The van der Waals surface area contributed by atoms with Gasteiger partial charge in [0.1, 0.15) is 17.2 Å². The minimum atomic E-state index is -4.22. The molecule has 2 unspecified atom stereocenters. The molecule has 0 aromatic heterocycles. The summed E-state index contributed by atoms with van der Waals surface area (Å²) in [5, 5.41) is 19.6. The molecule has 2 heterocycles. The maximum Gasteiger partial charge on any atom is 0.461 e. The molecule has 2 aliphatic rings. The Hall–Kier alpha value is -3.09. The first-order chi connectivity index (χ1) is 14.3. The highest BCUT2D eigenvalue weighted by Gasteiger charge is 2.60. The van der Waals surface area contributed by atoms with Crippen molar-refractivity contribution in [2.45, 2.75) is 25.5 Å². The second kappa shape index (κ2) is 7.63. The summed E-state index contributed by atoms with van der Waals surface area (Å²) in [6.45, 7) is 1.47. The fraction of sp³-hybridized carbons (Fsp3) is 0.238. The summed E-state index contributed by atoms with van der Waals surface area (Å²) in [5.74, 6) is -2.21. The third kappa shape index (κ3) is 3.38. The van der Waals surface area contributed by atoms with Crippen LogP contribution in [-0.2, 0) is 14.2 Å². The van der Waals surface area contributed by atoms with Crippen LogP contribution in [0.25, 0.3) is 0 Å². The molecule has 1 amide bonds.